The summed E-state index contributed by atoms with van der Waals surface area (Å²) in [4.78, 5) is 16.5. The highest BCUT2D eigenvalue weighted by molar-refractivity contribution is 5.99. The molecule has 22 heavy (non-hydrogen) atoms. The molecular weight excluding hydrogens is 272 g/mol. The SMILES string of the molecule is CC(=O)c1ccccc1N1CCN(c2cccc(C)c2)CC1. The maximum Gasteiger partial charge on any atom is 0.161 e. The first kappa shape index (κ1) is 14.6. The lowest BCUT2D eigenvalue weighted by molar-refractivity contribution is 0.101. The number of nitrogens with zero attached hydrogens (tertiary/aromatic N) is 2. The minimum atomic E-state index is 0.136. The van der Waals surface area contributed by atoms with Gasteiger partial charge in [0.15, 0.2) is 5.78 Å². The highest BCUT2D eigenvalue weighted by Crippen LogP contribution is 2.24. The summed E-state index contributed by atoms with van der Waals surface area (Å²) in [6.45, 7) is 7.62. The van der Waals surface area contributed by atoms with Gasteiger partial charge in [0.2, 0.25) is 0 Å². The number of benzene rings is 2. The third-order valence-corrected chi connectivity index (χ3v) is 4.27. The fraction of sp³-hybridized carbons (Fsp3) is 0.316. The zero-order valence-corrected chi connectivity index (χ0v) is 13.2. The fourth-order valence-electron chi connectivity index (χ4n) is 3.08. The lowest BCUT2D eigenvalue weighted by atomic mass is 10.1. The number of ketones is 1. The molecule has 0 spiro atoms. The van der Waals surface area contributed by atoms with Crippen molar-refractivity contribution in [2.75, 3.05) is 36.0 Å². The summed E-state index contributed by atoms with van der Waals surface area (Å²) in [6, 6.07) is 16.6. The second kappa shape index (κ2) is 6.22. The highest BCUT2D eigenvalue weighted by atomic mass is 16.1. The molecule has 0 saturated carbocycles. The van der Waals surface area contributed by atoms with E-state index in [9.17, 15) is 4.79 Å². The Labute approximate surface area is 132 Å². The summed E-state index contributed by atoms with van der Waals surface area (Å²) in [7, 11) is 0. The molecule has 0 aromatic heterocycles. The Morgan fingerprint density at radius 1 is 0.909 bits per heavy atom. The maximum atomic E-state index is 11.8. The smallest absolute Gasteiger partial charge is 0.161 e. The van der Waals surface area contributed by atoms with Crippen molar-refractivity contribution in [2.24, 2.45) is 0 Å². The van der Waals surface area contributed by atoms with Crippen LogP contribution in [0, 0.1) is 6.92 Å². The molecule has 2 aromatic rings. The van der Waals surface area contributed by atoms with Crippen molar-refractivity contribution in [3.05, 3.63) is 59.7 Å². The van der Waals surface area contributed by atoms with Crippen molar-refractivity contribution < 1.29 is 4.79 Å². The van der Waals surface area contributed by atoms with Crippen molar-refractivity contribution in [3.63, 3.8) is 0 Å². The number of aryl methyl sites for hydroxylation is 1. The van der Waals surface area contributed by atoms with Gasteiger partial charge in [-0.2, -0.15) is 0 Å². The van der Waals surface area contributed by atoms with Gasteiger partial charge >= 0.3 is 0 Å². The average Bonchev–Trinajstić information content (AvgIpc) is 2.55. The molecule has 0 aliphatic carbocycles. The number of carbonyl (C=O) groups excluding carboxylic acids is 1. The molecular formula is C19H22N2O. The molecule has 1 saturated heterocycles. The topological polar surface area (TPSA) is 23.6 Å². The van der Waals surface area contributed by atoms with Crippen molar-refractivity contribution in [1.82, 2.24) is 0 Å². The van der Waals surface area contributed by atoms with E-state index in [0.717, 1.165) is 37.4 Å². The first-order valence-corrected chi connectivity index (χ1v) is 7.81. The van der Waals surface area contributed by atoms with E-state index >= 15 is 0 Å². The van der Waals surface area contributed by atoms with Crippen molar-refractivity contribution in [1.29, 1.82) is 0 Å². The molecule has 1 heterocycles. The third kappa shape index (κ3) is 2.98. The Morgan fingerprint density at radius 2 is 1.59 bits per heavy atom. The van der Waals surface area contributed by atoms with E-state index in [4.69, 9.17) is 0 Å². The van der Waals surface area contributed by atoms with E-state index in [-0.39, 0.29) is 5.78 Å². The van der Waals surface area contributed by atoms with Gasteiger partial charge < -0.3 is 9.80 Å². The van der Waals surface area contributed by atoms with Crippen molar-refractivity contribution in [3.8, 4) is 0 Å². The van der Waals surface area contributed by atoms with Gasteiger partial charge in [-0.25, -0.2) is 0 Å². The van der Waals surface area contributed by atoms with Crippen LogP contribution in [0.15, 0.2) is 48.5 Å². The average molecular weight is 294 g/mol. The van der Waals surface area contributed by atoms with E-state index < -0.39 is 0 Å². The van der Waals surface area contributed by atoms with Crippen LogP contribution >= 0.6 is 0 Å². The van der Waals surface area contributed by atoms with E-state index in [1.807, 2.05) is 18.2 Å². The van der Waals surface area contributed by atoms with Gasteiger partial charge in [0, 0.05) is 43.1 Å². The highest BCUT2D eigenvalue weighted by Gasteiger charge is 2.20. The van der Waals surface area contributed by atoms with E-state index in [1.165, 1.54) is 11.3 Å². The predicted molar refractivity (Wildman–Crippen MR) is 92.1 cm³/mol. The molecule has 1 aliphatic rings. The number of carbonyl (C=O) groups is 1. The Balaban J connectivity index is 1.73. The molecule has 0 unspecified atom stereocenters. The van der Waals surface area contributed by atoms with Crippen LogP contribution in [-0.4, -0.2) is 32.0 Å². The molecule has 2 aromatic carbocycles. The van der Waals surface area contributed by atoms with E-state index in [2.05, 4.69) is 47.1 Å². The van der Waals surface area contributed by atoms with E-state index in [1.54, 1.807) is 6.92 Å². The molecule has 114 valence electrons. The van der Waals surface area contributed by atoms with Crippen LogP contribution in [-0.2, 0) is 0 Å². The second-order valence-corrected chi connectivity index (χ2v) is 5.89. The Bertz CT molecular complexity index is 673. The lowest BCUT2D eigenvalue weighted by Gasteiger charge is -2.38. The van der Waals surface area contributed by atoms with E-state index in [0.29, 0.717) is 0 Å². The van der Waals surface area contributed by atoms with Crippen LogP contribution in [0.3, 0.4) is 0 Å². The minimum Gasteiger partial charge on any atom is -0.368 e. The molecule has 0 radical (unpaired) electrons. The summed E-state index contributed by atoms with van der Waals surface area (Å²) in [5, 5.41) is 0. The molecule has 1 aliphatic heterocycles. The number of rotatable bonds is 3. The van der Waals surface area contributed by atoms with Crippen LogP contribution in [0.1, 0.15) is 22.8 Å². The zero-order valence-electron chi connectivity index (χ0n) is 13.2. The van der Waals surface area contributed by atoms with Gasteiger partial charge in [0.1, 0.15) is 0 Å². The monoisotopic (exact) mass is 294 g/mol. The summed E-state index contributed by atoms with van der Waals surface area (Å²) < 4.78 is 0. The van der Waals surface area contributed by atoms with Gasteiger partial charge in [-0.1, -0.05) is 24.3 Å². The molecule has 0 N–H and O–H groups in total. The Kier molecular flexibility index (Phi) is 4.14. The first-order valence-electron chi connectivity index (χ1n) is 7.81. The fourth-order valence-corrected chi connectivity index (χ4v) is 3.08. The quantitative estimate of drug-likeness (QED) is 0.809. The van der Waals surface area contributed by atoms with Gasteiger partial charge in [-0.3, -0.25) is 4.79 Å². The van der Waals surface area contributed by atoms with Gasteiger partial charge in [0.25, 0.3) is 0 Å². The summed E-state index contributed by atoms with van der Waals surface area (Å²) in [5.74, 6) is 0.136. The summed E-state index contributed by atoms with van der Waals surface area (Å²) in [6.07, 6.45) is 0. The van der Waals surface area contributed by atoms with Gasteiger partial charge in [-0.05, 0) is 43.7 Å². The molecule has 3 nitrogen and oxygen atoms in total. The van der Waals surface area contributed by atoms with Crippen LogP contribution in [0.25, 0.3) is 0 Å². The number of hydrogen-bond donors (Lipinski definition) is 0. The van der Waals surface area contributed by atoms with Gasteiger partial charge in [0.05, 0.1) is 0 Å². The lowest BCUT2D eigenvalue weighted by Crippen LogP contribution is -2.47. The number of Topliss-reactive ketones (excluding diaryl/α,β-unsaturated/α-hetero) is 1. The minimum absolute atomic E-state index is 0.136. The molecule has 0 amide bonds. The van der Waals surface area contributed by atoms with Crippen molar-refractivity contribution in [2.45, 2.75) is 13.8 Å². The van der Waals surface area contributed by atoms with Crippen LogP contribution in [0.5, 0.6) is 0 Å². The summed E-state index contributed by atoms with van der Waals surface area (Å²) >= 11 is 0. The number of hydrogen-bond acceptors (Lipinski definition) is 3. The molecule has 1 fully saturated rings. The largest absolute Gasteiger partial charge is 0.368 e. The predicted octanol–water partition coefficient (Wildman–Crippen LogP) is 3.52. The number of anilines is 2. The standard InChI is InChI=1S/C19H22N2O/c1-15-6-5-7-17(14-15)20-10-12-21(13-11-20)19-9-4-3-8-18(19)16(2)22/h3-9,14H,10-13H2,1-2H3. The molecule has 0 atom stereocenters. The summed E-state index contributed by atoms with van der Waals surface area (Å²) in [5.41, 5.74) is 4.48. The zero-order chi connectivity index (χ0) is 15.5. The Hall–Kier alpha value is -2.29. The second-order valence-electron chi connectivity index (χ2n) is 5.89. The molecule has 0 bridgehead atoms. The molecule has 3 rings (SSSR count). The first-order chi connectivity index (χ1) is 10.6. The Morgan fingerprint density at radius 3 is 2.27 bits per heavy atom. The normalized spacial score (nSPS) is 15.0. The third-order valence-electron chi connectivity index (χ3n) is 4.27. The maximum absolute atomic E-state index is 11.8. The number of piperazine rings is 1. The van der Waals surface area contributed by atoms with Crippen LogP contribution in [0.4, 0.5) is 11.4 Å². The van der Waals surface area contributed by atoms with Crippen LogP contribution in [0.2, 0.25) is 0 Å². The molecule has 3 heteroatoms. The number of para-hydroxylation sites is 1. The van der Waals surface area contributed by atoms with Crippen molar-refractivity contribution >= 4 is 17.2 Å². The van der Waals surface area contributed by atoms with Crippen LogP contribution < -0.4 is 9.80 Å². The van der Waals surface area contributed by atoms with Gasteiger partial charge in [-0.15, -0.1) is 0 Å².